The summed E-state index contributed by atoms with van der Waals surface area (Å²) in [6.07, 6.45) is 0.916. The van der Waals surface area contributed by atoms with Gasteiger partial charge in [0.15, 0.2) is 0 Å². The summed E-state index contributed by atoms with van der Waals surface area (Å²) in [6, 6.07) is -4.05. The minimum Gasteiger partial charge on any atom is -0.508 e. The lowest BCUT2D eigenvalue weighted by atomic mass is 10.0. The molecule has 0 aliphatic carbocycles. The van der Waals surface area contributed by atoms with Crippen molar-refractivity contribution < 1.29 is 58.2 Å². The van der Waals surface area contributed by atoms with Crippen LogP contribution in [0, 0.1) is 0 Å². The van der Waals surface area contributed by atoms with Crippen molar-refractivity contribution in [1.82, 2.24) is 37.2 Å². The van der Waals surface area contributed by atoms with E-state index in [0.29, 0.717) is 50.8 Å². The van der Waals surface area contributed by atoms with Crippen LogP contribution < -0.4 is 71.6 Å². The number of amides is 9. The van der Waals surface area contributed by atoms with Gasteiger partial charge >= 0.3 is 5.97 Å². The number of nitrogens with one attached hydrogen (secondary N) is 7. The van der Waals surface area contributed by atoms with E-state index in [9.17, 15) is 58.2 Å². The molecular weight excluding hydrogens is 867 g/mol. The van der Waals surface area contributed by atoms with Crippen molar-refractivity contribution >= 4 is 59.1 Å². The van der Waals surface area contributed by atoms with Crippen LogP contribution >= 0.6 is 0 Å². The second-order valence-corrected chi connectivity index (χ2v) is 15.6. The van der Waals surface area contributed by atoms with Crippen LogP contribution in [0.15, 0.2) is 24.3 Å². The molecule has 0 heterocycles. The van der Waals surface area contributed by atoms with E-state index in [4.69, 9.17) is 34.4 Å². The number of carbonyl (C=O) groups is 10. The Balaban J connectivity index is 3.40. The molecule has 0 bridgehead atoms. The van der Waals surface area contributed by atoms with Gasteiger partial charge in [-0.15, -0.1) is 0 Å². The maximum Gasteiger partial charge on any atom is 0.303 e. The molecular formula is C41H69N13O12. The fourth-order valence-electron chi connectivity index (χ4n) is 6.34. The van der Waals surface area contributed by atoms with Crippen molar-refractivity contribution in [3.8, 4) is 5.75 Å². The monoisotopic (exact) mass is 936 g/mol. The molecule has 0 spiro atoms. The first kappa shape index (κ1) is 57.6. The van der Waals surface area contributed by atoms with E-state index in [1.54, 1.807) is 0 Å². The Morgan fingerprint density at radius 1 is 0.515 bits per heavy atom. The normalized spacial score (nSPS) is 14.1. The van der Waals surface area contributed by atoms with Crippen LogP contribution in [-0.2, 0) is 54.4 Å². The lowest BCUT2D eigenvalue weighted by molar-refractivity contribution is -0.138. The second-order valence-electron chi connectivity index (χ2n) is 15.6. The van der Waals surface area contributed by atoms with Crippen LogP contribution in [0.25, 0.3) is 0 Å². The lowest BCUT2D eigenvalue weighted by Crippen LogP contribution is -2.60. The number of carboxylic acids is 1. The van der Waals surface area contributed by atoms with Gasteiger partial charge in [-0.1, -0.05) is 12.1 Å². The summed E-state index contributed by atoms with van der Waals surface area (Å²) in [7, 11) is 0. The van der Waals surface area contributed by atoms with E-state index in [-0.39, 0.29) is 44.4 Å². The van der Waals surface area contributed by atoms with E-state index in [1.807, 2.05) is 0 Å². The smallest absolute Gasteiger partial charge is 0.303 e. The molecule has 0 radical (unpaired) electrons. The van der Waals surface area contributed by atoms with Crippen LogP contribution in [0.5, 0.6) is 5.75 Å². The Kier molecular flexibility index (Phi) is 27.4. The van der Waals surface area contributed by atoms with Gasteiger partial charge in [0.05, 0.1) is 13.0 Å². The number of rotatable bonds is 34. The molecule has 1 rings (SSSR count). The molecule has 370 valence electrons. The fraction of sp³-hybridized carbons (Fsp3) is 0.610. The van der Waals surface area contributed by atoms with E-state index in [1.165, 1.54) is 31.2 Å². The lowest BCUT2D eigenvalue weighted by Gasteiger charge is -2.27. The number of aliphatic carboxylic acids is 1. The highest BCUT2D eigenvalue weighted by molar-refractivity contribution is 5.98. The largest absolute Gasteiger partial charge is 0.508 e. The van der Waals surface area contributed by atoms with Gasteiger partial charge in [-0.25, -0.2) is 0 Å². The summed E-state index contributed by atoms with van der Waals surface area (Å²) in [6.45, 7) is 1.61. The molecule has 0 fully saturated rings. The molecule has 1 aromatic rings. The number of carbonyl (C=O) groups excluding carboxylic acids is 9. The predicted molar refractivity (Wildman–Crippen MR) is 239 cm³/mol. The second kappa shape index (κ2) is 31.4. The zero-order chi connectivity index (χ0) is 49.8. The molecule has 7 atom stereocenters. The third-order valence-electron chi connectivity index (χ3n) is 10.1. The van der Waals surface area contributed by atoms with Gasteiger partial charge in [-0.05, 0) is 108 Å². The number of unbranched alkanes of at least 4 members (excludes halogenated alkanes) is 3. The van der Waals surface area contributed by atoms with Crippen LogP contribution in [0.2, 0.25) is 0 Å². The Bertz CT molecular complexity index is 1790. The Morgan fingerprint density at radius 2 is 0.924 bits per heavy atom. The third kappa shape index (κ3) is 23.0. The summed E-state index contributed by atoms with van der Waals surface area (Å²) < 4.78 is 0. The average molecular weight is 936 g/mol. The van der Waals surface area contributed by atoms with E-state index < -0.39 is 127 Å². The van der Waals surface area contributed by atoms with E-state index in [2.05, 4.69) is 37.2 Å². The third-order valence-corrected chi connectivity index (χ3v) is 10.1. The number of aromatic hydroxyl groups is 1. The summed E-state index contributed by atoms with van der Waals surface area (Å²) in [4.78, 5) is 129. The minimum atomic E-state index is -1.58. The van der Waals surface area contributed by atoms with Gasteiger partial charge in [-0.3, -0.25) is 47.9 Å². The zero-order valence-electron chi connectivity index (χ0n) is 37.3. The SMILES string of the molecule is C[C@H](NC(=O)[C@H](CCC(=O)O)NC(=O)[C@H](CCCCN)NC(=O)[C@H](Cc1ccc(O)cc1)NC(=O)[C@H](CC(N)=O)NC(=O)CN)C(=O)N[C@@H](CCCCN)C(=O)N[C@@H](CCCCN)C(N)=O. The topological polar surface area (TPSA) is 451 Å². The first-order valence-electron chi connectivity index (χ1n) is 21.8. The highest BCUT2D eigenvalue weighted by atomic mass is 16.4. The minimum absolute atomic E-state index is 0.0607. The predicted octanol–water partition coefficient (Wildman–Crippen LogP) is -5.08. The quantitative estimate of drug-likeness (QED) is 0.0288. The van der Waals surface area contributed by atoms with Gasteiger partial charge < -0.3 is 81.8 Å². The first-order valence-corrected chi connectivity index (χ1v) is 21.8. The van der Waals surface area contributed by atoms with Crippen molar-refractivity contribution in [3.63, 3.8) is 0 Å². The van der Waals surface area contributed by atoms with Crippen LogP contribution in [0.4, 0.5) is 0 Å². The van der Waals surface area contributed by atoms with Crippen LogP contribution in [0.3, 0.4) is 0 Å². The number of phenolic OH excluding ortho intramolecular Hbond substituents is 1. The fourth-order valence-corrected chi connectivity index (χ4v) is 6.34. The van der Waals surface area contributed by atoms with E-state index >= 15 is 0 Å². The molecule has 0 aromatic heterocycles. The highest BCUT2D eigenvalue weighted by Gasteiger charge is 2.34. The molecule has 25 nitrogen and oxygen atoms in total. The molecule has 21 N–H and O–H groups in total. The van der Waals surface area contributed by atoms with Gasteiger partial charge in [0, 0.05) is 12.8 Å². The molecule has 1 aromatic carbocycles. The van der Waals surface area contributed by atoms with Gasteiger partial charge in [0.25, 0.3) is 0 Å². The summed E-state index contributed by atoms with van der Waals surface area (Å²) in [5, 5.41) is 36.5. The standard InChI is InChI=1S/C41H69N13O12/c1-23(36(61)51-27(9-3-6-18-43)38(63)50-26(35(47)60)8-2-5-17-42)48-37(62)29(15-16-34(58)59)53-39(64)28(10-4-7-19-44)52-40(65)30(20-24-11-13-25(55)14-12-24)54-41(66)31(21-32(46)56)49-33(57)22-45/h11-14,23,26-31,55H,2-10,15-22,42-45H2,1H3,(H2,46,56)(H2,47,60)(H,48,62)(H,49,57)(H,50,63)(H,51,61)(H,52,65)(H,53,64)(H,54,66)(H,58,59)/t23-,26-,27-,28-,29-,30-,31-/m0/s1. The van der Waals surface area contributed by atoms with Crippen molar-refractivity contribution in [2.45, 2.75) is 133 Å². The van der Waals surface area contributed by atoms with Gasteiger partial charge in [0.2, 0.25) is 53.2 Å². The van der Waals surface area contributed by atoms with E-state index in [0.717, 1.165) is 0 Å². The highest BCUT2D eigenvalue weighted by Crippen LogP contribution is 2.13. The molecule has 0 saturated heterocycles. The average Bonchev–Trinajstić information content (AvgIpc) is 3.26. The zero-order valence-corrected chi connectivity index (χ0v) is 37.3. The van der Waals surface area contributed by atoms with Gasteiger partial charge in [-0.2, -0.15) is 0 Å². The van der Waals surface area contributed by atoms with Crippen molar-refractivity contribution in [2.24, 2.45) is 34.4 Å². The molecule has 25 heteroatoms. The Morgan fingerprint density at radius 3 is 1.38 bits per heavy atom. The first-order chi connectivity index (χ1) is 31.3. The number of carboxylic acid groups (broad SMARTS) is 1. The number of phenols is 1. The molecule has 0 aliphatic rings. The molecule has 9 amide bonds. The molecule has 66 heavy (non-hydrogen) atoms. The number of hydrogen-bond acceptors (Lipinski definition) is 15. The van der Waals surface area contributed by atoms with Crippen LogP contribution in [0.1, 0.15) is 89.5 Å². The van der Waals surface area contributed by atoms with Crippen LogP contribution in [-0.4, -0.2) is 138 Å². The number of nitrogens with two attached hydrogens (primary N) is 6. The summed E-state index contributed by atoms with van der Waals surface area (Å²) in [5.74, 6) is -9.41. The summed E-state index contributed by atoms with van der Waals surface area (Å²) in [5.41, 5.74) is 33.4. The maximum absolute atomic E-state index is 14.0. The van der Waals surface area contributed by atoms with Crippen molar-refractivity contribution in [1.29, 1.82) is 0 Å². The maximum atomic E-state index is 14.0. The molecule has 0 saturated carbocycles. The summed E-state index contributed by atoms with van der Waals surface area (Å²) >= 11 is 0. The van der Waals surface area contributed by atoms with Crippen molar-refractivity contribution in [2.75, 3.05) is 26.2 Å². The Labute approximate surface area is 382 Å². The van der Waals surface area contributed by atoms with Crippen molar-refractivity contribution in [3.05, 3.63) is 29.8 Å². The molecule has 0 unspecified atom stereocenters. The number of benzene rings is 1. The molecule has 0 aliphatic heterocycles. The Hall–Kier alpha value is -6.44. The number of hydrogen-bond donors (Lipinski definition) is 15. The number of primary amides is 2. The van der Waals surface area contributed by atoms with Gasteiger partial charge in [0.1, 0.15) is 48.0 Å².